The molecule has 2 N–H and O–H groups in total. The molecule has 0 heterocycles. The zero-order chi connectivity index (χ0) is 12.3. The van der Waals surface area contributed by atoms with Gasteiger partial charge < -0.3 is 10.5 Å². The second-order valence-corrected chi connectivity index (χ2v) is 4.67. The van der Waals surface area contributed by atoms with Gasteiger partial charge in [0.15, 0.2) is 0 Å². The molecular weight excluding hydrogens is 212 g/mol. The minimum Gasteiger partial charge on any atom is -0.374 e. The van der Waals surface area contributed by atoms with Crippen LogP contribution in [0.15, 0.2) is 18.2 Å². The largest absolute Gasteiger partial charge is 0.374 e. The first kappa shape index (κ1) is 13.1. The van der Waals surface area contributed by atoms with Gasteiger partial charge in [0, 0.05) is 5.56 Å². The Bertz CT molecular complexity index is 340. The van der Waals surface area contributed by atoms with Crippen molar-refractivity contribution in [3.63, 3.8) is 0 Å². The van der Waals surface area contributed by atoms with E-state index in [0.29, 0.717) is 0 Å². The maximum Gasteiger partial charge on any atom is 0.130 e. The topological polar surface area (TPSA) is 35.2 Å². The highest BCUT2D eigenvalue weighted by Gasteiger charge is 2.19. The van der Waals surface area contributed by atoms with Crippen LogP contribution in [0.1, 0.15) is 32.4 Å². The first-order chi connectivity index (χ1) is 7.31. The smallest absolute Gasteiger partial charge is 0.130 e. The molecule has 0 radical (unpaired) electrons. The van der Waals surface area contributed by atoms with Crippen molar-refractivity contribution in [2.24, 2.45) is 5.73 Å². The lowest BCUT2D eigenvalue weighted by molar-refractivity contribution is -0.0109. The van der Waals surface area contributed by atoms with Crippen LogP contribution in [-0.2, 0) is 4.74 Å². The Balaban J connectivity index is 2.77. The fraction of sp³-hybridized carbons (Fsp3) is 0.500. The number of hydrogen-bond acceptors (Lipinski definition) is 2. The molecule has 1 aromatic rings. The summed E-state index contributed by atoms with van der Waals surface area (Å²) in [7, 11) is 0. The van der Waals surface area contributed by atoms with Crippen LogP contribution in [0, 0.1) is 11.6 Å². The Morgan fingerprint density at radius 3 is 2.19 bits per heavy atom. The highest BCUT2D eigenvalue weighted by Crippen LogP contribution is 2.20. The van der Waals surface area contributed by atoms with E-state index in [0.717, 1.165) is 0 Å². The summed E-state index contributed by atoms with van der Waals surface area (Å²) in [6.45, 7) is 5.66. The number of ether oxygens (including phenoxy) is 1. The summed E-state index contributed by atoms with van der Waals surface area (Å²) in [6, 6.07) is 2.90. The van der Waals surface area contributed by atoms with Gasteiger partial charge in [0.05, 0.1) is 18.2 Å². The summed E-state index contributed by atoms with van der Waals surface area (Å²) in [6.07, 6.45) is 0. The molecule has 1 atom stereocenters. The molecule has 2 nitrogen and oxygen atoms in total. The van der Waals surface area contributed by atoms with Crippen molar-refractivity contribution in [2.45, 2.75) is 32.4 Å². The van der Waals surface area contributed by atoms with Gasteiger partial charge in [-0.25, -0.2) is 8.78 Å². The van der Waals surface area contributed by atoms with Crippen molar-refractivity contribution in [1.82, 2.24) is 0 Å². The fourth-order valence-electron chi connectivity index (χ4n) is 1.29. The van der Waals surface area contributed by atoms with Gasteiger partial charge in [0.2, 0.25) is 0 Å². The lowest BCUT2D eigenvalue weighted by Crippen LogP contribution is -2.27. The summed E-state index contributed by atoms with van der Waals surface area (Å²) in [5, 5.41) is 0. The lowest BCUT2D eigenvalue weighted by atomic mass is 10.1. The first-order valence-electron chi connectivity index (χ1n) is 5.15. The number of nitrogens with two attached hydrogens (primary N) is 1. The predicted molar refractivity (Wildman–Crippen MR) is 59.0 cm³/mol. The number of halogens is 2. The van der Waals surface area contributed by atoms with E-state index in [-0.39, 0.29) is 17.8 Å². The molecule has 4 heteroatoms. The molecule has 0 saturated heterocycles. The number of rotatable bonds is 3. The monoisotopic (exact) mass is 229 g/mol. The quantitative estimate of drug-likeness (QED) is 0.865. The second-order valence-electron chi connectivity index (χ2n) is 4.67. The molecule has 1 rings (SSSR count). The molecule has 0 bridgehead atoms. The zero-order valence-electron chi connectivity index (χ0n) is 9.76. The van der Waals surface area contributed by atoms with Crippen LogP contribution >= 0.6 is 0 Å². The van der Waals surface area contributed by atoms with Gasteiger partial charge in [0.25, 0.3) is 0 Å². The predicted octanol–water partition coefficient (Wildman–Crippen LogP) is 2.78. The molecule has 0 aromatic heterocycles. The van der Waals surface area contributed by atoms with E-state index in [4.69, 9.17) is 10.5 Å². The molecule has 0 fully saturated rings. The van der Waals surface area contributed by atoms with Gasteiger partial charge in [0.1, 0.15) is 11.6 Å². The molecule has 0 aliphatic carbocycles. The molecule has 0 saturated carbocycles. The van der Waals surface area contributed by atoms with Crippen LogP contribution in [0.3, 0.4) is 0 Å². The standard InChI is InChI=1S/C12H17F2NO/c1-12(2,3)16-7-10(15)11-8(13)5-4-6-9(11)14/h4-6,10H,7,15H2,1-3H3. The van der Waals surface area contributed by atoms with Crippen molar-refractivity contribution in [3.05, 3.63) is 35.4 Å². The molecular formula is C12H17F2NO. The maximum atomic E-state index is 13.3. The van der Waals surface area contributed by atoms with E-state index in [2.05, 4.69) is 0 Å². The molecule has 16 heavy (non-hydrogen) atoms. The zero-order valence-corrected chi connectivity index (χ0v) is 9.76. The van der Waals surface area contributed by atoms with Crippen molar-refractivity contribution in [3.8, 4) is 0 Å². The molecule has 0 amide bonds. The average molecular weight is 229 g/mol. The summed E-state index contributed by atoms with van der Waals surface area (Å²) >= 11 is 0. The normalized spacial score (nSPS) is 13.9. The molecule has 1 unspecified atom stereocenters. The third kappa shape index (κ3) is 3.54. The number of hydrogen-bond donors (Lipinski definition) is 1. The number of benzene rings is 1. The van der Waals surface area contributed by atoms with Gasteiger partial charge in [-0.05, 0) is 32.9 Å². The van der Waals surface area contributed by atoms with Crippen molar-refractivity contribution in [1.29, 1.82) is 0 Å². The Kier molecular flexibility index (Phi) is 3.99. The van der Waals surface area contributed by atoms with Crippen molar-refractivity contribution < 1.29 is 13.5 Å². The van der Waals surface area contributed by atoms with Gasteiger partial charge in [-0.15, -0.1) is 0 Å². The van der Waals surface area contributed by atoms with E-state index in [9.17, 15) is 8.78 Å². The second kappa shape index (κ2) is 4.89. The third-order valence-electron chi connectivity index (χ3n) is 2.07. The summed E-state index contributed by atoms with van der Waals surface area (Å²) in [5.41, 5.74) is 5.20. The molecule has 90 valence electrons. The Hall–Kier alpha value is -1.00. The maximum absolute atomic E-state index is 13.3. The third-order valence-corrected chi connectivity index (χ3v) is 2.07. The van der Waals surface area contributed by atoms with E-state index in [1.54, 1.807) is 0 Å². The highest BCUT2D eigenvalue weighted by atomic mass is 19.1. The molecule has 1 aromatic carbocycles. The van der Waals surface area contributed by atoms with Crippen LogP contribution in [0.5, 0.6) is 0 Å². The van der Waals surface area contributed by atoms with Crippen LogP contribution in [0.2, 0.25) is 0 Å². The van der Waals surface area contributed by atoms with Crippen LogP contribution in [-0.4, -0.2) is 12.2 Å². The fourth-order valence-corrected chi connectivity index (χ4v) is 1.29. The van der Waals surface area contributed by atoms with Crippen LogP contribution in [0.25, 0.3) is 0 Å². The summed E-state index contributed by atoms with van der Waals surface area (Å²) in [5.74, 6) is -1.27. The van der Waals surface area contributed by atoms with E-state index in [1.807, 2.05) is 20.8 Å². The van der Waals surface area contributed by atoms with Gasteiger partial charge >= 0.3 is 0 Å². The van der Waals surface area contributed by atoms with Crippen molar-refractivity contribution >= 4 is 0 Å². The van der Waals surface area contributed by atoms with Gasteiger partial charge in [-0.2, -0.15) is 0 Å². The van der Waals surface area contributed by atoms with Crippen LogP contribution in [0.4, 0.5) is 8.78 Å². The van der Waals surface area contributed by atoms with Gasteiger partial charge in [-0.3, -0.25) is 0 Å². The van der Waals surface area contributed by atoms with Crippen LogP contribution < -0.4 is 5.73 Å². The highest BCUT2D eigenvalue weighted by molar-refractivity contribution is 5.23. The molecule has 0 aliphatic rings. The molecule has 0 spiro atoms. The minimum absolute atomic E-state index is 0.0847. The average Bonchev–Trinajstić information content (AvgIpc) is 2.13. The lowest BCUT2D eigenvalue weighted by Gasteiger charge is -2.23. The summed E-state index contributed by atoms with van der Waals surface area (Å²) in [4.78, 5) is 0. The van der Waals surface area contributed by atoms with E-state index >= 15 is 0 Å². The Morgan fingerprint density at radius 1 is 1.25 bits per heavy atom. The Morgan fingerprint density at radius 2 is 1.75 bits per heavy atom. The Labute approximate surface area is 94.4 Å². The van der Waals surface area contributed by atoms with E-state index in [1.165, 1.54) is 18.2 Å². The minimum atomic E-state index is -0.791. The summed E-state index contributed by atoms with van der Waals surface area (Å²) < 4.78 is 32.1. The van der Waals surface area contributed by atoms with E-state index < -0.39 is 17.7 Å². The van der Waals surface area contributed by atoms with Crippen molar-refractivity contribution in [2.75, 3.05) is 6.61 Å². The van der Waals surface area contributed by atoms with Gasteiger partial charge in [-0.1, -0.05) is 6.07 Å². The SMILES string of the molecule is CC(C)(C)OCC(N)c1c(F)cccc1F. The first-order valence-corrected chi connectivity index (χ1v) is 5.15. The molecule has 0 aliphatic heterocycles.